The van der Waals surface area contributed by atoms with Gasteiger partial charge in [0.25, 0.3) is 10.0 Å². The number of carbonyl (C=O) groups excluding carboxylic acids is 2. The Morgan fingerprint density at radius 1 is 0.750 bits per heavy atom. The lowest BCUT2D eigenvalue weighted by Crippen LogP contribution is -2.53. The third-order valence-corrected chi connectivity index (χ3v) is 9.12. The van der Waals surface area contributed by atoms with Crippen LogP contribution >= 0.6 is 0 Å². The van der Waals surface area contributed by atoms with Gasteiger partial charge < -0.3 is 10.2 Å². The van der Waals surface area contributed by atoms with Gasteiger partial charge in [0.1, 0.15) is 12.6 Å². The maximum atomic E-state index is 14.5. The Kier molecular flexibility index (Phi) is 11.0. The summed E-state index contributed by atoms with van der Waals surface area (Å²) in [6.07, 6.45) is 0.276. The van der Waals surface area contributed by atoms with Gasteiger partial charge in [-0.25, -0.2) is 8.42 Å². The predicted molar refractivity (Wildman–Crippen MR) is 176 cm³/mol. The van der Waals surface area contributed by atoms with E-state index in [0.717, 1.165) is 26.6 Å². The number of nitrogens with one attached hydrogen (secondary N) is 1. The van der Waals surface area contributed by atoms with E-state index in [4.69, 9.17) is 0 Å². The number of anilines is 1. The lowest BCUT2D eigenvalue weighted by atomic mass is 10.0. The summed E-state index contributed by atoms with van der Waals surface area (Å²) >= 11 is 0. The Balaban J connectivity index is 1.78. The van der Waals surface area contributed by atoms with Crippen LogP contribution in [-0.4, -0.2) is 44.3 Å². The maximum Gasteiger partial charge on any atom is 0.264 e. The third-order valence-electron chi connectivity index (χ3n) is 7.33. The normalized spacial score (nSPS) is 12.0. The van der Waals surface area contributed by atoms with Crippen LogP contribution in [-0.2, 0) is 32.6 Å². The molecule has 4 aromatic carbocycles. The minimum absolute atomic E-state index is 0.0857. The molecule has 4 rings (SSSR count). The van der Waals surface area contributed by atoms with Gasteiger partial charge in [-0.1, -0.05) is 104 Å². The first-order chi connectivity index (χ1) is 21.0. The summed E-state index contributed by atoms with van der Waals surface area (Å²) in [4.78, 5) is 29.9. The number of rotatable bonds is 13. The van der Waals surface area contributed by atoms with Gasteiger partial charge >= 0.3 is 0 Å². The van der Waals surface area contributed by atoms with E-state index in [0.29, 0.717) is 12.2 Å². The molecule has 0 radical (unpaired) electrons. The average molecular weight is 612 g/mol. The summed E-state index contributed by atoms with van der Waals surface area (Å²) in [7, 11) is -4.13. The van der Waals surface area contributed by atoms with E-state index in [2.05, 4.69) is 5.32 Å². The van der Waals surface area contributed by atoms with Gasteiger partial charge in [-0.3, -0.25) is 13.9 Å². The van der Waals surface area contributed by atoms with Gasteiger partial charge in [0.15, 0.2) is 0 Å². The third kappa shape index (κ3) is 8.57. The number of aryl methyl sites for hydroxylation is 2. The molecule has 0 aliphatic rings. The predicted octanol–water partition coefficient (Wildman–Crippen LogP) is 5.91. The van der Waals surface area contributed by atoms with Crippen molar-refractivity contribution in [1.82, 2.24) is 10.2 Å². The van der Waals surface area contributed by atoms with Crippen LogP contribution in [0.25, 0.3) is 0 Å². The van der Waals surface area contributed by atoms with Crippen LogP contribution in [0.3, 0.4) is 0 Å². The number of sulfonamides is 1. The molecule has 0 saturated carbocycles. The molecule has 0 aliphatic heterocycles. The standard InChI is InChI=1S/C36H41N3O4S/c1-27(2)24-37-36(41)34(23-30-13-7-5-8-14-30)38(25-31-15-9-6-10-16-31)35(40)26-39(32-17-11-12-29(4)22-32)44(42,43)33-20-18-28(3)19-21-33/h5-22,27,34H,23-26H2,1-4H3,(H,37,41)/t34-/m0/s1. The van der Waals surface area contributed by atoms with Crippen LogP contribution in [0.5, 0.6) is 0 Å². The molecule has 0 fully saturated rings. The second-order valence-electron chi connectivity index (χ2n) is 11.5. The summed E-state index contributed by atoms with van der Waals surface area (Å²) < 4.78 is 29.4. The first kappa shape index (κ1) is 32.5. The molecule has 0 aliphatic carbocycles. The number of nitrogens with zero attached hydrogens (tertiary/aromatic N) is 2. The summed E-state index contributed by atoms with van der Waals surface area (Å²) in [5.74, 6) is -0.548. The first-order valence-corrected chi connectivity index (χ1v) is 16.3. The largest absolute Gasteiger partial charge is 0.354 e. The van der Waals surface area contributed by atoms with Crippen LogP contribution in [0.4, 0.5) is 5.69 Å². The highest BCUT2D eigenvalue weighted by molar-refractivity contribution is 7.92. The number of carbonyl (C=O) groups is 2. The van der Waals surface area contributed by atoms with Crippen molar-refractivity contribution in [1.29, 1.82) is 0 Å². The summed E-state index contributed by atoms with van der Waals surface area (Å²) in [5, 5.41) is 3.01. The zero-order valence-electron chi connectivity index (χ0n) is 25.8. The first-order valence-electron chi connectivity index (χ1n) is 14.9. The van der Waals surface area contributed by atoms with Crippen molar-refractivity contribution >= 4 is 27.5 Å². The quantitative estimate of drug-likeness (QED) is 0.204. The van der Waals surface area contributed by atoms with E-state index in [1.165, 1.54) is 4.90 Å². The van der Waals surface area contributed by atoms with Gasteiger partial charge in [0.05, 0.1) is 10.6 Å². The fraction of sp³-hybridized carbons (Fsp3) is 0.278. The number of benzene rings is 4. The summed E-state index contributed by atoms with van der Waals surface area (Å²) in [5.41, 5.74) is 3.88. The fourth-order valence-electron chi connectivity index (χ4n) is 4.91. The molecule has 7 nitrogen and oxygen atoms in total. The van der Waals surface area contributed by atoms with Crippen LogP contribution in [0, 0.1) is 19.8 Å². The highest BCUT2D eigenvalue weighted by atomic mass is 32.2. The van der Waals surface area contributed by atoms with Crippen molar-refractivity contribution in [3.8, 4) is 0 Å². The monoisotopic (exact) mass is 611 g/mol. The Morgan fingerprint density at radius 2 is 1.36 bits per heavy atom. The molecule has 0 aromatic heterocycles. The molecule has 0 spiro atoms. The van der Waals surface area contributed by atoms with E-state index in [1.54, 1.807) is 42.5 Å². The van der Waals surface area contributed by atoms with E-state index in [1.807, 2.05) is 94.4 Å². The molecule has 2 amide bonds. The molecule has 8 heteroatoms. The lowest BCUT2D eigenvalue weighted by Gasteiger charge is -2.34. The van der Waals surface area contributed by atoms with Crippen LogP contribution in [0.1, 0.15) is 36.1 Å². The fourth-order valence-corrected chi connectivity index (χ4v) is 6.31. The van der Waals surface area contributed by atoms with Crippen molar-refractivity contribution in [3.63, 3.8) is 0 Å². The SMILES string of the molecule is Cc1ccc(S(=O)(=O)N(CC(=O)N(Cc2ccccc2)[C@@H](Cc2ccccc2)C(=O)NCC(C)C)c2cccc(C)c2)cc1. The Hall–Kier alpha value is -4.43. The van der Waals surface area contributed by atoms with E-state index < -0.39 is 28.5 Å². The molecule has 0 heterocycles. The number of hydrogen-bond donors (Lipinski definition) is 1. The van der Waals surface area contributed by atoms with E-state index in [-0.39, 0.29) is 29.7 Å². The molecular formula is C36H41N3O4S. The molecule has 4 aromatic rings. The Morgan fingerprint density at radius 3 is 1.95 bits per heavy atom. The number of amides is 2. The lowest BCUT2D eigenvalue weighted by molar-refractivity contribution is -0.140. The van der Waals surface area contributed by atoms with Crippen LogP contribution in [0.2, 0.25) is 0 Å². The molecule has 44 heavy (non-hydrogen) atoms. The Labute approximate surface area is 261 Å². The molecular weight excluding hydrogens is 570 g/mol. The van der Waals surface area contributed by atoms with Crippen LogP contribution < -0.4 is 9.62 Å². The Bertz CT molecular complexity index is 1640. The van der Waals surface area contributed by atoms with Gasteiger partial charge in [0, 0.05) is 19.5 Å². The van der Waals surface area contributed by atoms with Crippen molar-refractivity contribution in [2.75, 3.05) is 17.4 Å². The maximum absolute atomic E-state index is 14.5. The minimum atomic E-state index is -4.13. The van der Waals surface area contributed by atoms with Crippen molar-refractivity contribution < 1.29 is 18.0 Å². The molecule has 0 saturated heterocycles. The molecule has 0 unspecified atom stereocenters. The zero-order valence-corrected chi connectivity index (χ0v) is 26.6. The highest BCUT2D eigenvalue weighted by Crippen LogP contribution is 2.26. The van der Waals surface area contributed by atoms with Crippen LogP contribution in [0.15, 0.2) is 114 Å². The van der Waals surface area contributed by atoms with Crippen molar-refractivity contribution in [2.24, 2.45) is 5.92 Å². The van der Waals surface area contributed by atoms with Gasteiger partial charge in [-0.15, -0.1) is 0 Å². The van der Waals surface area contributed by atoms with Gasteiger partial charge in [0.2, 0.25) is 11.8 Å². The van der Waals surface area contributed by atoms with Gasteiger partial charge in [-0.05, 0) is 60.7 Å². The molecule has 1 atom stereocenters. The second-order valence-corrected chi connectivity index (χ2v) is 13.4. The van der Waals surface area contributed by atoms with E-state index in [9.17, 15) is 18.0 Å². The van der Waals surface area contributed by atoms with Crippen molar-refractivity contribution in [2.45, 2.75) is 51.6 Å². The zero-order chi connectivity index (χ0) is 31.7. The summed E-state index contributed by atoms with van der Waals surface area (Å²) in [6, 6.07) is 31.8. The number of hydrogen-bond acceptors (Lipinski definition) is 4. The topological polar surface area (TPSA) is 86.8 Å². The minimum Gasteiger partial charge on any atom is -0.354 e. The molecule has 0 bridgehead atoms. The molecule has 1 N–H and O–H groups in total. The molecule has 230 valence electrons. The average Bonchev–Trinajstić information content (AvgIpc) is 3.01. The highest BCUT2D eigenvalue weighted by Gasteiger charge is 2.34. The summed E-state index contributed by atoms with van der Waals surface area (Å²) in [6.45, 7) is 7.89. The van der Waals surface area contributed by atoms with Gasteiger partial charge in [-0.2, -0.15) is 0 Å². The van der Waals surface area contributed by atoms with E-state index >= 15 is 0 Å². The smallest absolute Gasteiger partial charge is 0.264 e. The second kappa shape index (κ2) is 14.8. The van der Waals surface area contributed by atoms with Crippen molar-refractivity contribution in [3.05, 3.63) is 131 Å².